The number of nitrogens with one attached hydrogen (secondary N) is 1. The maximum absolute atomic E-state index is 13.1. The number of aromatic carboxylic acids is 1. The Morgan fingerprint density at radius 3 is 2.43 bits per heavy atom. The second kappa shape index (κ2) is 6.66. The number of carboxylic acid groups (broad SMARTS) is 1. The lowest BCUT2D eigenvalue weighted by Gasteiger charge is -2.08. The minimum absolute atomic E-state index is 0.170. The van der Waals surface area contributed by atoms with Gasteiger partial charge in [-0.05, 0) is 18.2 Å². The molecule has 0 saturated heterocycles. The summed E-state index contributed by atoms with van der Waals surface area (Å²) in [6, 6.07) is 2.52. The van der Waals surface area contributed by atoms with Crippen LogP contribution in [-0.4, -0.2) is 39.7 Å². The monoisotopic (exact) mass is 327 g/mol. The highest BCUT2D eigenvalue weighted by atomic mass is 32.2. The first kappa shape index (κ1) is 17.1. The highest BCUT2D eigenvalue weighted by molar-refractivity contribution is 7.85. The van der Waals surface area contributed by atoms with Crippen molar-refractivity contribution >= 4 is 22.7 Å². The molecule has 0 aliphatic rings. The number of alkyl halides is 3. The van der Waals surface area contributed by atoms with Crippen LogP contribution in [0.15, 0.2) is 23.1 Å². The topological polar surface area (TPSA) is 83.5 Å². The second-order valence-corrected chi connectivity index (χ2v) is 5.28. The van der Waals surface area contributed by atoms with Gasteiger partial charge in [-0.15, -0.1) is 0 Å². The van der Waals surface area contributed by atoms with E-state index >= 15 is 0 Å². The Balaban J connectivity index is 2.74. The molecule has 1 atom stereocenters. The number of carboxylic acids is 1. The van der Waals surface area contributed by atoms with Crippen LogP contribution in [0.2, 0.25) is 0 Å². The molecule has 0 radical (unpaired) electrons. The van der Waals surface area contributed by atoms with Gasteiger partial charge in [-0.25, -0.2) is 9.18 Å². The van der Waals surface area contributed by atoms with Crippen molar-refractivity contribution < 1.29 is 36.5 Å². The van der Waals surface area contributed by atoms with Gasteiger partial charge in [0.1, 0.15) is 18.1 Å². The quantitative estimate of drug-likeness (QED) is 0.799. The summed E-state index contributed by atoms with van der Waals surface area (Å²) in [4.78, 5) is 21.7. The van der Waals surface area contributed by atoms with Crippen LogP contribution in [0.4, 0.5) is 17.6 Å². The van der Waals surface area contributed by atoms with E-state index in [-0.39, 0.29) is 4.90 Å². The van der Waals surface area contributed by atoms with E-state index in [1.165, 1.54) is 5.32 Å². The number of halogens is 4. The Morgan fingerprint density at radius 1 is 1.29 bits per heavy atom. The molecule has 1 aromatic carbocycles. The minimum atomic E-state index is -4.59. The standard InChI is InChI=1S/C11H9F4NO4S/c12-8-2-1-6(3-7(8)10(18)19)21(20)4-9(17)16-5-11(13,14)15/h1-3H,4-5H2,(H,16,17)(H,18,19). The van der Waals surface area contributed by atoms with E-state index in [4.69, 9.17) is 5.11 Å². The Morgan fingerprint density at radius 2 is 1.90 bits per heavy atom. The Labute approximate surface area is 118 Å². The lowest BCUT2D eigenvalue weighted by Crippen LogP contribution is -2.36. The van der Waals surface area contributed by atoms with Gasteiger partial charge in [0.25, 0.3) is 0 Å². The largest absolute Gasteiger partial charge is 0.478 e. The van der Waals surface area contributed by atoms with Crippen LogP contribution < -0.4 is 5.32 Å². The van der Waals surface area contributed by atoms with Crippen LogP contribution in [0.25, 0.3) is 0 Å². The van der Waals surface area contributed by atoms with E-state index < -0.39 is 52.5 Å². The number of carbonyl (C=O) groups excluding carboxylic acids is 1. The van der Waals surface area contributed by atoms with E-state index in [1.807, 2.05) is 0 Å². The zero-order valence-electron chi connectivity index (χ0n) is 10.2. The van der Waals surface area contributed by atoms with Gasteiger partial charge in [0.05, 0.1) is 16.4 Å². The third kappa shape index (κ3) is 5.50. The molecule has 2 N–H and O–H groups in total. The smallest absolute Gasteiger partial charge is 0.405 e. The number of hydrogen-bond donors (Lipinski definition) is 2. The maximum Gasteiger partial charge on any atom is 0.405 e. The highest BCUT2D eigenvalue weighted by Gasteiger charge is 2.28. The summed E-state index contributed by atoms with van der Waals surface area (Å²) in [5.74, 6) is -4.55. The summed E-state index contributed by atoms with van der Waals surface area (Å²) in [6.07, 6.45) is -4.59. The summed E-state index contributed by atoms with van der Waals surface area (Å²) in [7, 11) is -2.09. The first-order valence-corrected chi connectivity index (χ1v) is 6.66. The SMILES string of the molecule is O=C(CS(=O)c1ccc(F)c(C(=O)O)c1)NCC(F)(F)F. The van der Waals surface area contributed by atoms with Crippen LogP contribution >= 0.6 is 0 Å². The van der Waals surface area contributed by atoms with E-state index in [0.717, 1.165) is 18.2 Å². The molecular formula is C11H9F4NO4S. The number of benzene rings is 1. The molecule has 1 rings (SSSR count). The Kier molecular flexibility index (Phi) is 5.41. The van der Waals surface area contributed by atoms with E-state index in [2.05, 4.69) is 0 Å². The van der Waals surface area contributed by atoms with Gasteiger partial charge in [0, 0.05) is 4.90 Å². The number of hydrogen-bond acceptors (Lipinski definition) is 3. The molecule has 0 saturated carbocycles. The predicted octanol–water partition coefficient (Wildman–Crippen LogP) is 1.31. The lowest BCUT2D eigenvalue weighted by molar-refractivity contribution is -0.136. The summed E-state index contributed by atoms with van der Waals surface area (Å²) in [6.45, 7) is -1.56. The van der Waals surface area contributed by atoms with Gasteiger partial charge < -0.3 is 10.4 Å². The van der Waals surface area contributed by atoms with Crippen molar-refractivity contribution in [1.82, 2.24) is 5.32 Å². The van der Waals surface area contributed by atoms with Gasteiger partial charge in [0.2, 0.25) is 5.91 Å². The molecule has 1 aromatic rings. The van der Waals surface area contributed by atoms with Crippen LogP contribution in [0.1, 0.15) is 10.4 Å². The molecular weight excluding hydrogens is 318 g/mol. The van der Waals surface area contributed by atoms with Gasteiger partial charge in [-0.1, -0.05) is 0 Å². The zero-order valence-corrected chi connectivity index (χ0v) is 11.1. The second-order valence-electron chi connectivity index (χ2n) is 3.83. The Bertz CT molecular complexity index is 588. The van der Waals surface area contributed by atoms with Crippen molar-refractivity contribution in [2.24, 2.45) is 0 Å². The summed E-state index contributed by atoms with van der Waals surface area (Å²) < 4.78 is 60.4. The fourth-order valence-corrected chi connectivity index (χ4v) is 2.24. The number of carbonyl (C=O) groups is 2. The van der Waals surface area contributed by atoms with Crippen molar-refractivity contribution in [2.45, 2.75) is 11.1 Å². The zero-order chi connectivity index (χ0) is 16.2. The van der Waals surface area contributed by atoms with Gasteiger partial charge in [-0.2, -0.15) is 13.2 Å². The molecule has 0 bridgehead atoms. The number of rotatable bonds is 5. The van der Waals surface area contributed by atoms with E-state index in [0.29, 0.717) is 0 Å². The molecule has 10 heteroatoms. The fourth-order valence-electron chi connectivity index (χ4n) is 1.26. The number of amides is 1. The van der Waals surface area contributed by atoms with Crippen molar-refractivity contribution in [1.29, 1.82) is 0 Å². The molecule has 1 amide bonds. The maximum atomic E-state index is 13.1. The third-order valence-corrected chi connectivity index (χ3v) is 3.48. The molecule has 1 unspecified atom stereocenters. The first-order chi connectivity index (χ1) is 9.60. The van der Waals surface area contributed by atoms with Crippen LogP contribution in [0.5, 0.6) is 0 Å². The van der Waals surface area contributed by atoms with Crippen LogP contribution in [0, 0.1) is 5.82 Å². The van der Waals surface area contributed by atoms with Crippen LogP contribution in [0.3, 0.4) is 0 Å². The average Bonchev–Trinajstić information content (AvgIpc) is 2.35. The first-order valence-electron chi connectivity index (χ1n) is 5.35. The van der Waals surface area contributed by atoms with Crippen molar-refractivity contribution in [3.05, 3.63) is 29.6 Å². The lowest BCUT2D eigenvalue weighted by atomic mass is 10.2. The van der Waals surface area contributed by atoms with Gasteiger partial charge >= 0.3 is 12.1 Å². The van der Waals surface area contributed by atoms with Crippen molar-refractivity contribution in [3.8, 4) is 0 Å². The summed E-state index contributed by atoms with van der Waals surface area (Å²) >= 11 is 0. The molecule has 0 aromatic heterocycles. The molecule has 5 nitrogen and oxygen atoms in total. The van der Waals surface area contributed by atoms with Gasteiger partial charge in [-0.3, -0.25) is 9.00 Å². The molecule has 0 fully saturated rings. The molecule has 0 aliphatic carbocycles. The normalized spacial score (nSPS) is 12.8. The van der Waals surface area contributed by atoms with E-state index in [1.54, 1.807) is 0 Å². The average molecular weight is 327 g/mol. The molecule has 0 spiro atoms. The van der Waals surface area contributed by atoms with Crippen molar-refractivity contribution in [2.75, 3.05) is 12.3 Å². The summed E-state index contributed by atoms with van der Waals surface area (Å²) in [5.41, 5.74) is -0.739. The molecule has 116 valence electrons. The molecule has 0 aliphatic heterocycles. The molecule has 0 heterocycles. The highest BCUT2D eigenvalue weighted by Crippen LogP contribution is 2.15. The molecule has 21 heavy (non-hydrogen) atoms. The van der Waals surface area contributed by atoms with Crippen molar-refractivity contribution in [3.63, 3.8) is 0 Å². The third-order valence-electron chi connectivity index (χ3n) is 2.18. The predicted molar refractivity (Wildman–Crippen MR) is 63.7 cm³/mol. The van der Waals surface area contributed by atoms with Crippen LogP contribution in [-0.2, 0) is 15.6 Å². The Hall–Kier alpha value is -1.97. The van der Waals surface area contributed by atoms with E-state index in [9.17, 15) is 31.4 Å². The minimum Gasteiger partial charge on any atom is -0.478 e. The summed E-state index contributed by atoms with van der Waals surface area (Å²) in [5, 5.41) is 10.2. The van der Waals surface area contributed by atoms with Gasteiger partial charge in [0.15, 0.2) is 0 Å². The fraction of sp³-hybridized carbons (Fsp3) is 0.273.